The normalized spacial score (nSPS) is 14.0. The predicted octanol–water partition coefficient (Wildman–Crippen LogP) is 3.80. The maximum Gasteiger partial charge on any atom is 0.275 e. The van der Waals surface area contributed by atoms with Gasteiger partial charge in [0.1, 0.15) is 6.26 Å². The average molecular weight is 355 g/mol. The van der Waals surface area contributed by atoms with Gasteiger partial charge in [0.15, 0.2) is 5.69 Å². The van der Waals surface area contributed by atoms with Crippen LogP contribution in [0.25, 0.3) is 0 Å². The second-order valence-corrected chi connectivity index (χ2v) is 7.49. The number of carbonyl (C=O) groups is 1. The van der Waals surface area contributed by atoms with Crippen LogP contribution in [0.1, 0.15) is 52.8 Å². The second kappa shape index (κ2) is 8.04. The van der Waals surface area contributed by atoms with Crippen LogP contribution in [0, 0.1) is 19.8 Å². The summed E-state index contributed by atoms with van der Waals surface area (Å²) in [6.45, 7) is 9.45. The summed E-state index contributed by atoms with van der Waals surface area (Å²) in [5.41, 5.74) is 4.33. The molecule has 0 aliphatic heterocycles. The van der Waals surface area contributed by atoms with Gasteiger partial charge in [-0.15, -0.1) is 0 Å². The molecule has 1 aromatic carbocycles. The molecular formula is C21H29N3O2. The van der Waals surface area contributed by atoms with Crippen molar-refractivity contribution in [2.45, 2.75) is 46.7 Å². The van der Waals surface area contributed by atoms with Crippen LogP contribution in [0.5, 0.6) is 0 Å². The summed E-state index contributed by atoms with van der Waals surface area (Å²) >= 11 is 0. The van der Waals surface area contributed by atoms with Gasteiger partial charge in [-0.2, -0.15) is 0 Å². The number of hydrogen-bond acceptors (Lipinski definition) is 4. The van der Waals surface area contributed by atoms with Crippen molar-refractivity contribution in [2.75, 3.05) is 20.1 Å². The van der Waals surface area contributed by atoms with E-state index in [-0.39, 0.29) is 5.91 Å². The number of oxazole rings is 1. The Labute approximate surface area is 156 Å². The first kappa shape index (κ1) is 18.6. The fourth-order valence-electron chi connectivity index (χ4n) is 3.07. The Bertz CT molecular complexity index is 764. The summed E-state index contributed by atoms with van der Waals surface area (Å²) in [7, 11) is 1.77. The van der Waals surface area contributed by atoms with Crippen molar-refractivity contribution in [3.63, 3.8) is 0 Å². The maximum atomic E-state index is 12.2. The maximum absolute atomic E-state index is 12.2. The molecular weight excluding hydrogens is 326 g/mol. The molecule has 1 saturated carbocycles. The molecule has 1 aromatic heterocycles. The minimum Gasteiger partial charge on any atom is -0.447 e. The smallest absolute Gasteiger partial charge is 0.275 e. The summed E-state index contributed by atoms with van der Waals surface area (Å²) in [5, 5.41) is 0. The van der Waals surface area contributed by atoms with Crippen LogP contribution in [0.15, 0.2) is 28.9 Å². The van der Waals surface area contributed by atoms with Gasteiger partial charge in [-0.25, -0.2) is 4.98 Å². The highest BCUT2D eigenvalue weighted by Gasteiger charge is 2.26. The minimum atomic E-state index is -0.0919. The van der Waals surface area contributed by atoms with E-state index in [2.05, 4.69) is 41.9 Å². The van der Waals surface area contributed by atoms with E-state index < -0.39 is 0 Å². The number of rotatable bonds is 8. The van der Waals surface area contributed by atoms with Gasteiger partial charge in [0.25, 0.3) is 5.91 Å². The third-order valence-electron chi connectivity index (χ3n) is 5.06. The van der Waals surface area contributed by atoms with Gasteiger partial charge in [0, 0.05) is 26.7 Å². The highest BCUT2D eigenvalue weighted by molar-refractivity contribution is 5.91. The summed E-state index contributed by atoms with van der Waals surface area (Å²) in [5.74, 6) is 1.30. The summed E-state index contributed by atoms with van der Waals surface area (Å²) in [6, 6.07) is 6.60. The van der Waals surface area contributed by atoms with Gasteiger partial charge < -0.3 is 9.32 Å². The lowest BCUT2D eigenvalue weighted by Gasteiger charge is -2.22. The Balaban J connectivity index is 1.71. The van der Waals surface area contributed by atoms with E-state index in [1.165, 1.54) is 35.8 Å². The summed E-state index contributed by atoms with van der Waals surface area (Å²) in [6.07, 6.45) is 4.09. The van der Waals surface area contributed by atoms with Crippen molar-refractivity contribution in [1.29, 1.82) is 0 Å². The Morgan fingerprint density at radius 2 is 2.04 bits per heavy atom. The van der Waals surface area contributed by atoms with E-state index >= 15 is 0 Å². The molecule has 1 aliphatic rings. The minimum absolute atomic E-state index is 0.0919. The first-order chi connectivity index (χ1) is 12.5. The van der Waals surface area contributed by atoms with Crippen molar-refractivity contribution >= 4 is 5.91 Å². The summed E-state index contributed by atoms with van der Waals surface area (Å²) < 4.78 is 5.60. The lowest BCUT2D eigenvalue weighted by atomic mass is 10.1. The molecule has 0 bridgehead atoms. The molecule has 3 rings (SSSR count). The van der Waals surface area contributed by atoms with E-state index in [1.54, 1.807) is 11.9 Å². The number of benzene rings is 1. The van der Waals surface area contributed by atoms with Gasteiger partial charge in [-0.3, -0.25) is 9.69 Å². The van der Waals surface area contributed by atoms with Crippen LogP contribution in [0.2, 0.25) is 0 Å². The predicted molar refractivity (Wildman–Crippen MR) is 102 cm³/mol. The largest absolute Gasteiger partial charge is 0.447 e. The topological polar surface area (TPSA) is 49.6 Å². The molecule has 0 spiro atoms. The zero-order chi connectivity index (χ0) is 18.7. The Hall–Kier alpha value is -2.14. The molecule has 1 fully saturated rings. The third kappa shape index (κ3) is 4.73. The lowest BCUT2D eigenvalue weighted by Crippen LogP contribution is -2.27. The SMILES string of the molecule is CCN(C)C(=O)c1coc(CN(Cc2cc(C)ccc2C)CC2CC2)n1. The molecule has 0 saturated heterocycles. The van der Waals surface area contributed by atoms with Crippen molar-refractivity contribution in [1.82, 2.24) is 14.8 Å². The van der Waals surface area contributed by atoms with Crippen molar-refractivity contribution < 1.29 is 9.21 Å². The van der Waals surface area contributed by atoms with E-state index in [0.717, 1.165) is 19.0 Å². The van der Waals surface area contributed by atoms with E-state index in [1.807, 2.05) is 6.92 Å². The van der Waals surface area contributed by atoms with E-state index in [9.17, 15) is 4.79 Å². The first-order valence-electron chi connectivity index (χ1n) is 9.44. The van der Waals surface area contributed by atoms with Crippen molar-refractivity contribution in [2.24, 2.45) is 5.92 Å². The molecule has 5 heteroatoms. The highest BCUT2D eigenvalue weighted by Crippen LogP contribution is 2.31. The van der Waals surface area contributed by atoms with Crippen molar-refractivity contribution in [3.8, 4) is 0 Å². The monoisotopic (exact) mass is 355 g/mol. The Kier molecular flexibility index (Phi) is 5.77. The molecule has 1 amide bonds. The van der Waals surface area contributed by atoms with Gasteiger partial charge in [-0.05, 0) is 50.7 Å². The van der Waals surface area contributed by atoms with Crippen molar-refractivity contribution in [3.05, 3.63) is 52.7 Å². The lowest BCUT2D eigenvalue weighted by molar-refractivity contribution is 0.0796. The van der Waals surface area contributed by atoms with Gasteiger partial charge >= 0.3 is 0 Å². The quantitative estimate of drug-likeness (QED) is 0.723. The molecule has 26 heavy (non-hydrogen) atoms. The van der Waals surface area contributed by atoms with Crippen LogP contribution in [0.4, 0.5) is 0 Å². The molecule has 0 radical (unpaired) electrons. The molecule has 1 heterocycles. The standard InChI is InChI=1S/C21H29N3O2/c1-5-23(4)21(25)19-14-26-20(22-19)13-24(11-17-8-9-17)12-18-10-15(2)6-7-16(18)3/h6-7,10,14,17H,5,8-9,11-13H2,1-4H3. The second-order valence-electron chi connectivity index (χ2n) is 7.49. The molecule has 2 aromatic rings. The van der Waals surface area contributed by atoms with Crippen LogP contribution >= 0.6 is 0 Å². The number of aryl methyl sites for hydroxylation is 2. The van der Waals surface area contributed by atoms with Gasteiger partial charge in [0.2, 0.25) is 5.89 Å². The fraction of sp³-hybridized carbons (Fsp3) is 0.524. The van der Waals surface area contributed by atoms with E-state index in [0.29, 0.717) is 24.7 Å². The molecule has 0 unspecified atom stereocenters. The summed E-state index contributed by atoms with van der Waals surface area (Å²) in [4.78, 5) is 20.7. The van der Waals surface area contributed by atoms with Gasteiger partial charge in [-0.1, -0.05) is 23.8 Å². The Morgan fingerprint density at radius 1 is 1.27 bits per heavy atom. The molecule has 0 N–H and O–H groups in total. The molecule has 140 valence electrons. The fourth-order valence-corrected chi connectivity index (χ4v) is 3.07. The zero-order valence-corrected chi connectivity index (χ0v) is 16.3. The highest BCUT2D eigenvalue weighted by atomic mass is 16.3. The molecule has 5 nitrogen and oxygen atoms in total. The van der Waals surface area contributed by atoms with Crippen LogP contribution in [-0.2, 0) is 13.1 Å². The number of amides is 1. The van der Waals surface area contributed by atoms with Crippen LogP contribution < -0.4 is 0 Å². The number of hydrogen-bond donors (Lipinski definition) is 0. The number of carbonyl (C=O) groups excluding carboxylic acids is 1. The molecule has 0 atom stereocenters. The molecule has 1 aliphatic carbocycles. The average Bonchev–Trinajstić information content (AvgIpc) is 3.32. The van der Waals surface area contributed by atoms with Crippen LogP contribution in [-0.4, -0.2) is 40.8 Å². The van der Waals surface area contributed by atoms with Crippen LogP contribution in [0.3, 0.4) is 0 Å². The van der Waals surface area contributed by atoms with E-state index in [4.69, 9.17) is 4.42 Å². The first-order valence-corrected chi connectivity index (χ1v) is 9.44. The zero-order valence-electron chi connectivity index (χ0n) is 16.3. The van der Waals surface area contributed by atoms with Gasteiger partial charge in [0.05, 0.1) is 6.54 Å². The Morgan fingerprint density at radius 3 is 2.73 bits per heavy atom. The number of aromatic nitrogens is 1. The number of nitrogens with zero attached hydrogens (tertiary/aromatic N) is 3. The third-order valence-corrected chi connectivity index (χ3v) is 5.06.